The molecule has 0 bridgehead atoms. The van der Waals surface area contributed by atoms with E-state index in [-0.39, 0.29) is 5.97 Å². The molecule has 0 aliphatic heterocycles. The Bertz CT molecular complexity index is 1900. The number of amides is 1. The molecule has 6 aromatic rings. The Balaban J connectivity index is 0.000000296. The summed E-state index contributed by atoms with van der Waals surface area (Å²) in [6.45, 7) is 2.57. The molecule has 2 heterocycles. The first-order valence-corrected chi connectivity index (χ1v) is 14.9. The summed E-state index contributed by atoms with van der Waals surface area (Å²) in [5, 5.41) is 17.0. The predicted octanol–water partition coefficient (Wildman–Crippen LogP) is 8.28. The summed E-state index contributed by atoms with van der Waals surface area (Å²) in [5.41, 5.74) is 3.17. The van der Waals surface area contributed by atoms with Crippen LogP contribution < -0.4 is 14.8 Å². The first kappa shape index (κ1) is 30.1. The molecule has 0 fully saturated rings. The molecule has 44 heavy (non-hydrogen) atoms. The number of nitrogens with one attached hydrogen (secondary N) is 2. The van der Waals surface area contributed by atoms with Crippen LogP contribution in [0.25, 0.3) is 21.7 Å². The predicted molar refractivity (Wildman–Crippen MR) is 175 cm³/mol. The molecule has 9 heteroatoms. The maximum absolute atomic E-state index is 12.8. The average Bonchev–Trinajstić information content (AvgIpc) is 3.69. The van der Waals surface area contributed by atoms with Gasteiger partial charge in [0.1, 0.15) is 22.9 Å². The van der Waals surface area contributed by atoms with Crippen molar-refractivity contribution in [3.05, 3.63) is 125 Å². The first-order chi connectivity index (χ1) is 21.5. The molecule has 0 saturated heterocycles. The van der Waals surface area contributed by atoms with Gasteiger partial charge in [-0.25, -0.2) is 9.59 Å². The fourth-order valence-electron chi connectivity index (χ4n) is 4.72. The number of rotatable bonds is 8. The van der Waals surface area contributed by atoms with E-state index in [4.69, 9.17) is 19.6 Å². The van der Waals surface area contributed by atoms with Crippen LogP contribution in [0.15, 0.2) is 108 Å². The van der Waals surface area contributed by atoms with Gasteiger partial charge in [0.25, 0.3) is 0 Å². The van der Waals surface area contributed by atoms with Gasteiger partial charge in [-0.2, -0.15) is 0 Å². The fraction of sp³-hybridized carbons (Fsp3) is 0.114. The number of hydrogen-bond donors (Lipinski definition) is 2. The molecule has 4 aromatic carbocycles. The van der Waals surface area contributed by atoms with Gasteiger partial charge in [0.15, 0.2) is 0 Å². The minimum absolute atomic E-state index is 0.305. The first-order valence-electron chi connectivity index (χ1n) is 14.0. The number of fused-ring (bicyclic) bond motifs is 2. The molecular weight excluding hydrogens is 574 g/mol. The van der Waals surface area contributed by atoms with Crippen molar-refractivity contribution in [2.75, 3.05) is 13.7 Å². The Morgan fingerprint density at radius 2 is 1.68 bits per heavy atom. The number of para-hydroxylation sites is 1. The Kier molecular flexibility index (Phi) is 9.68. The Labute approximate surface area is 258 Å². The lowest BCUT2D eigenvalue weighted by Crippen LogP contribution is -2.21. The summed E-state index contributed by atoms with van der Waals surface area (Å²) in [4.78, 5) is 23.5. The average molecular weight is 606 g/mol. The van der Waals surface area contributed by atoms with Crippen LogP contribution >= 0.6 is 11.3 Å². The molecule has 1 amide bonds. The number of aromatic nitrogens is 1. The van der Waals surface area contributed by atoms with Crippen molar-refractivity contribution in [1.29, 1.82) is 5.41 Å². The van der Waals surface area contributed by atoms with Crippen molar-refractivity contribution in [2.45, 2.75) is 13.5 Å². The lowest BCUT2D eigenvalue weighted by atomic mass is 10.0. The van der Waals surface area contributed by atoms with Crippen LogP contribution in [-0.4, -0.2) is 36.5 Å². The van der Waals surface area contributed by atoms with Crippen molar-refractivity contribution in [3.8, 4) is 17.2 Å². The van der Waals surface area contributed by atoms with Gasteiger partial charge < -0.3 is 29.5 Å². The number of carbonyl (C=O) groups excluding carboxylic acids is 2. The number of hydrogen-bond acceptors (Lipinski definition) is 7. The standard InChI is InChI=1S/C27H22N2O3S.C8H9NO2/c1-2-31-27(30)26-14-20-8-7-18(15-28)11-25(20)29(26)16-21-13-23(32-22-9-10-33-17-22)12-19-5-3-4-6-24(19)21;1-9-8(10)11-7-5-3-2-4-6-7/h3-15,17,28H,2,16H2,1H3;2-6H,1H3,(H,9,10). The summed E-state index contributed by atoms with van der Waals surface area (Å²) in [6, 6.07) is 30.7. The zero-order valence-electron chi connectivity index (χ0n) is 24.3. The summed E-state index contributed by atoms with van der Waals surface area (Å²) in [6.07, 6.45) is 0.863. The van der Waals surface area contributed by atoms with E-state index in [0.717, 1.165) is 44.3 Å². The molecule has 0 radical (unpaired) electrons. The van der Waals surface area contributed by atoms with E-state index in [0.29, 0.717) is 24.6 Å². The molecule has 0 spiro atoms. The second-order valence-electron chi connectivity index (χ2n) is 9.62. The van der Waals surface area contributed by atoms with Crippen LogP contribution in [0, 0.1) is 5.41 Å². The summed E-state index contributed by atoms with van der Waals surface area (Å²) >= 11 is 1.59. The van der Waals surface area contributed by atoms with Crippen LogP contribution in [0.5, 0.6) is 17.2 Å². The number of benzene rings is 4. The highest BCUT2D eigenvalue weighted by Gasteiger charge is 2.18. The van der Waals surface area contributed by atoms with Gasteiger partial charge in [-0.3, -0.25) is 0 Å². The Morgan fingerprint density at radius 3 is 2.41 bits per heavy atom. The van der Waals surface area contributed by atoms with Crippen LogP contribution in [0.4, 0.5) is 4.79 Å². The molecule has 0 aliphatic rings. The maximum atomic E-state index is 12.8. The zero-order chi connectivity index (χ0) is 30.9. The van der Waals surface area contributed by atoms with Gasteiger partial charge in [-0.15, -0.1) is 11.3 Å². The smallest absolute Gasteiger partial charge is 0.412 e. The molecule has 0 unspecified atom stereocenters. The molecular formula is C35H31N3O5S. The molecule has 0 atom stereocenters. The van der Waals surface area contributed by atoms with Crippen molar-refractivity contribution >= 4 is 51.3 Å². The minimum Gasteiger partial charge on any atom is -0.461 e. The molecule has 6 rings (SSSR count). The third-order valence-electron chi connectivity index (χ3n) is 6.72. The van der Waals surface area contributed by atoms with Crippen molar-refractivity contribution in [1.82, 2.24) is 9.88 Å². The lowest BCUT2D eigenvalue weighted by Gasteiger charge is -2.15. The van der Waals surface area contributed by atoms with Gasteiger partial charge in [0, 0.05) is 36.1 Å². The zero-order valence-corrected chi connectivity index (χ0v) is 25.1. The Hall–Kier alpha value is -5.41. The van der Waals surface area contributed by atoms with Gasteiger partial charge in [-0.05, 0) is 76.7 Å². The highest BCUT2D eigenvalue weighted by molar-refractivity contribution is 7.08. The molecule has 0 saturated carbocycles. The van der Waals surface area contributed by atoms with Crippen LogP contribution in [0.2, 0.25) is 0 Å². The van der Waals surface area contributed by atoms with E-state index in [2.05, 4.69) is 17.4 Å². The number of nitrogens with zero attached hydrogens (tertiary/aromatic N) is 1. The summed E-state index contributed by atoms with van der Waals surface area (Å²) < 4.78 is 18.2. The lowest BCUT2D eigenvalue weighted by molar-refractivity contribution is 0.0515. The van der Waals surface area contributed by atoms with Crippen molar-refractivity contribution in [3.63, 3.8) is 0 Å². The van der Waals surface area contributed by atoms with Gasteiger partial charge in [0.2, 0.25) is 0 Å². The summed E-state index contributed by atoms with van der Waals surface area (Å²) in [7, 11) is 1.52. The molecule has 8 nitrogen and oxygen atoms in total. The number of carbonyl (C=O) groups is 2. The minimum atomic E-state index is -0.448. The van der Waals surface area contributed by atoms with E-state index in [9.17, 15) is 9.59 Å². The normalized spacial score (nSPS) is 10.5. The largest absolute Gasteiger partial charge is 0.461 e. The highest BCUT2D eigenvalue weighted by atomic mass is 32.1. The van der Waals surface area contributed by atoms with Gasteiger partial charge in [-0.1, -0.05) is 54.6 Å². The molecule has 222 valence electrons. The second kappa shape index (κ2) is 14.2. The Morgan fingerprint density at radius 1 is 0.886 bits per heavy atom. The number of ether oxygens (including phenoxy) is 3. The fourth-order valence-corrected chi connectivity index (χ4v) is 5.27. The van der Waals surface area contributed by atoms with Crippen LogP contribution in [0.3, 0.4) is 0 Å². The van der Waals surface area contributed by atoms with Crippen molar-refractivity contribution < 1.29 is 23.8 Å². The van der Waals surface area contributed by atoms with E-state index in [1.54, 1.807) is 42.5 Å². The summed E-state index contributed by atoms with van der Waals surface area (Å²) in [5.74, 6) is 1.74. The molecule has 0 aliphatic carbocycles. The molecule has 2 N–H and O–H groups in total. The molecule has 2 aromatic heterocycles. The third kappa shape index (κ3) is 7.14. The number of esters is 1. The highest BCUT2D eigenvalue weighted by Crippen LogP contribution is 2.32. The van der Waals surface area contributed by atoms with Gasteiger partial charge >= 0.3 is 12.1 Å². The van der Waals surface area contributed by atoms with E-state index in [1.807, 2.05) is 76.0 Å². The van der Waals surface area contributed by atoms with Crippen LogP contribution in [0.1, 0.15) is 28.5 Å². The van der Waals surface area contributed by atoms with E-state index < -0.39 is 6.09 Å². The second-order valence-corrected chi connectivity index (χ2v) is 10.4. The monoisotopic (exact) mass is 605 g/mol. The van der Waals surface area contributed by atoms with E-state index in [1.165, 1.54) is 13.3 Å². The van der Waals surface area contributed by atoms with Crippen molar-refractivity contribution in [2.24, 2.45) is 0 Å². The third-order valence-corrected chi connectivity index (χ3v) is 7.38. The number of thiophene rings is 1. The maximum Gasteiger partial charge on any atom is 0.412 e. The topological polar surface area (TPSA) is 103 Å². The quantitative estimate of drug-likeness (QED) is 0.134. The van der Waals surface area contributed by atoms with Crippen LogP contribution in [-0.2, 0) is 11.3 Å². The SMILES string of the molecule is CCOC(=O)c1cc2ccc(C=N)cc2n1Cc1cc(Oc2ccsc2)cc2ccccc12.CNC(=O)Oc1ccccc1. The van der Waals surface area contributed by atoms with E-state index >= 15 is 0 Å². The van der Waals surface area contributed by atoms with Gasteiger partial charge in [0.05, 0.1) is 6.61 Å².